The molecule has 0 bridgehead atoms. The van der Waals surface area contributed by atoms with Crippen LogP contribution >= 0.6 is 0 Å². The Labute approximate surface area is 86.6 Å². The second kappa shape index (κ2) is 3.73. The predicted molar refractivity (Wildman–Crippen MR) is 40.4 cm³/mol. The minimum atomic E-state index is -4.15. The van der Waals surface area contributed by atoms with Crippen molar-refractivity contribution in [1.29, 1.82) is 0 Å². The molecule has 0 unspecified atom stereocenters. The molecule has 1 heterocycles. The van der Waals surface area contributed by atoms with Gasteiger partial charge in [-0.15, -0.1) is 0 Å². The van der Waals surface area contributed by atoms with Crippen molar-refractivity contribution in [3.05, 3.63) is 17.9 Å². The first-order valence-corrected chi connectivity index (χ1v) is 3.98. The van der Waals surface area contributed by atoms with Crippen molar-refractivity contribution in [3.8, 4) is 0 Å². The molecule has 0 spiro atoms. The zero-order valence-corrected chi connectivity index (χ0v) is 6.05. The molecule has 0 saturated heterocycles. The molecule has 58 valence electrons. The third-order valence-corrected chi connectivity index (χ3v) is 1.70. The van der Waals surface area contributed by atoms with Gasteiger partial charge < -0.3 is 4.42 Å². The molecule has 1 aromatic rings. The van der Waals surface area contributed by atoms with Crippen LogP contribution in [-0.2, 0) is 10.1 Å². The van der Waals surface area contributed by atoms with E-state index in [1.54, 1.807) is 6.92 Å². The van der Waals surface area contributed by atoms with Gasteiger partial charge in [-0.2, -0.15) is 8.42 Å². The average Bonchev–Trinajstić information content (AvgIpc) is 2.11. The van der Waals surface area contributed by atoms with E-state index in [-0.39, 0.29) is 29.6 Å². The molecular formula is C5H7NaO4S. The predicted octanol–water partition coefficient (Wildman–Crippen LogP) is 0.186. The van der Waals surface area contributed by atoms with Gasteiger partial charge in [0.05, 0.1) is 0 Å². The molecule has 6 heteroatoms. The summed E-state index contributed by atoms with van der Waals surface area (Å²) >= 11 is 0. The summed E-state index contributed by atoms with van der Waals surface area (Å²) in [6.45, 7) is 1.59. The van der Waals surface area contributed by atoms with Crippen LogP contribution in [0.3, 0.4) is 0 Å². The molecule has 0 aliphatic rings. The van der Waals surface area contributed by atoms with Gasteiger partial charge in [0.1, 0.15) is 5.76 Å². The monoisotopic (exact) mass is 186 g/mol. The van der Waals surface area contributed by atoms with E-state index in [0.717, 1.165) is 0 Å². The molecule has 4 nitrogen and oxygen atoms in total. The molecule has 0 fully saturated rings. The molecular weight excluding hydrogens is 179 g/mol. The Kier molecular flexibility index (Phi) is 3.79. The molecule has 0 radical (unpaired) electrons. The number of hydrogen-bond acceptors (Lipinski definition) is 3. The first-order chi connectivity index (χ1) is 4.50. The summed E-state index contributed by atoms with van der Waals surface area (Å²) in [6, 6.07) is 2.66. The van der Waals surface area contributed by atoms with Crippen LogP contribution in [-0.4, -0.2) is 42.5 Å². The Morgan fingerprint density at radius 3 is 2.18 bits per heavy atom. The topological polar surface area (TPSA) is 67.5 Å². The summed E-state index contributed by atoms with van der Waals surface area (Å²) in [6.07, 6.45) is 0. The Morgan fingerprint density at radius 1 is 1.45 bits per heavy atom. The van der Waals surface area contributed by atoms with E-state index in [1.165, 1.54) is 12.1 Å². The Hall–Kier alpha value is 0.190. The van der Waals surface area contributed by atoms with Crippen molar-refractivity contribution in [2.75, 3.05) is 0 Å². The van der Waals surface area contributed by atoms with E-state index >= 15 is 0 Å². The van der Waals surface area contributed by atoms with E-state index < -0.39 is 15.2 Å². The fourth-order valence-corrected chi connectivity index (χ4v) is 1.03. The molecule has 0 saturated carbocycles. The third-order valence-electron chi connectivity index (χ3n) is 0.970. The van der Waals surface area contributed by atoms with Crippen LogP contribution in [0.1, 0.15) is 5.76 Å². The normalized spacial score (nSPS) is 10.7. The molecule has 11 heavy (non-hydrogen) atoms. The molecule has 1 rings (SSSR count). The van der Waals surface area contributed by atoms with Gasteiger partial charge in [-0.1, -0.05) is 0 Å². The molecule has 1 aromatic heterocycles. The molecule has 1 N–H and O–H groups in total. The van der Waals surface area contributed by atoms with Gasteiger partial charge in [0, 0.05) is 0 Å². The number of hydrogen-bond donors (Lipinski definition) is 1. The van der Waals surface area contributed by atoms with Crippen LogP contribution in [0.15, 0.2) is 21.6 Å². The van der Waals surface area contributed by atoms with Crippen molar-refractivity contribution in [3.63, 3.8) is 0 Å². The van der Waals surface area contributed by atoms with Crippen molar-refractivity contribution < 1.29 is 17.4 Å². The van der Waals surface area contributed by atoms with E-state index in [0.29, 0.717) is 5.76 Å². The van der Waals surface area contributed by atoms with E-state index in [9.17, 15) is 8.42 Å². The summed E-state index contributed by atoms with van der Waals surface area (Å²) < 4.78 is 33.6. The van der Waals surface area contributed by atoms with Gasteiger partial charge in [0.15, 0.2) is 0 Å². The van der Waals surface area contributed by atoms with Crippen LogP contribution in [0, 0.1) is 6.92 Å². The fraction of sp³-hybridized carbons (Fsp3) is 0.200. The van der Waals surface area contributed by atoms with Gasteiger partial charge in [-0.3, -0.25) is 4.55 Å². The van der Waals surface area contributed by atoms with Gasteiger partial charge in [0.25, 0.3) is 0 Å². The average molecular weight is 186 g/mol. The van der Waals surface area contributed by atoms with Crippen LogP contribution < -0.4 is 0 Å². The zero-order valence-electron chi connectivity index (χ0n) is 5.23. The first kappa shape index (κ1) is 11.2. The SMILES string of the molecule is Cc1ccc(S(=O)(=O)O)o1.[NaH]. The number of aryl methyl sites for hydroxylation is 1. The fourth-order valence-electron chi connectivity index (χ4n) is 0.551. The molecule has 0 atom stereocenters. The second-order valence-electron chi connectivity index (χ2n) is 1.84. The maximum atomic E-state index is 10.3. The Bertz CT molecular complexity index is 326. The molecule has 0 aromatic carbocycles. The quantitative estimate of drug-likeness (QED) is 0.502. The summed E-state index contributed by atoms with van der Waals surface area (Å²) in [5.74, 6) is 0.452. The Morgan fingerprint density at radius 2 is 2.00 bits per heavy atom. The van der Waals surface area contributed by atoms with Crippen LogP contribution in [0.5, 0.6) is 0 Å². The first-order valence-electron chi connectivity index (χ1n) is 2.54. The van der Waals surface area contributed by atoms with Crippen molar-refractivity contribution >= 4 is 39.7 Å². The zero-order chi connectivity index (χ0) is 7.78. The number of rotatable bonds is 1. The van der Waals surface area contributed by atoms with Crippen LogP contribution in [0.4, 0.5) is 0 Å². The van der Waals surface area contributed by atoms with Crippen LogP contribution in [0.2, 0.25) is 0 Å². The molecule has 0 amide bonds. The summed E-state index contributed by atoms with van der Waals surface area (Å²) in [5, 5.41) is -0.412. The van der Waals surface area contributed by atoms with E-state index in [1.807, 2.05) is 0 Å². The molecule has 0 aliphatic heterocycles. The Balaban J connectivity index is 0.000001000. The maximum absolute atomic E-state index is 10.3. The van der Waals surface area contributed by atoms with Crippen molar-refractivity contribution in [2.45, 2.75) is 12.0 Å². The van der Waals surface area contributed by atoms with Gasteiger partial charge in [0.2, 0.25) is 5.09 Å². The summed E-state index contributed by atoms with van der Waals surface area (Å²) in [5.41, 5.74) is 0. The van der Waals surface area contributed by atoms with Gasteiger partial charge >= 0.3 is 39.7 Å². The number of furan rings is 1. The van der Waals surface area contributed by atoms with E-state index in [2.05, 4.69) is 4.42 Å². The van der Waals surface area contributed by atoms with Crippen LogP contribution in [0.25, 0.3) is 0 Å². The summed E-state index contributed by atoms with van der Waals surface area (Å²) in [7, 11) is -4.15. The minimum absolute atomic E-state index is 0. The second-order valence-corrected chi connectivity index (χ2v) is 3.19. The van der Waals surface area contributed by atoms with Crippen molar-refractivity contribution in [1.82, 2.24) is 0 Å². The third kappa shape index (κ3) is 2.96. The molecule has 0 aliphatic carbocycles. The van der Waals surface area contributed by atoms with Crippen molar-refractivity contribution in [2.24, 2.45) is 0 Å². The standard InChI is InChI=1S/C5H6O4S.Na.H/c1-4-2-3-5(9-4)10(6,7)8;;/h2-3H,1H3,(H,6,7,8);;. The van der Waals surface area contributed by atoms with E-state index in [4.69, 9.17) is 4.55 Å². The summed E-state index contributed by atoms with van der Waals surface area (Å²) in [4.78, 5) is 0. The van der Waals surface area contributed by atoms with Gasteiger partial charge in [-0.05, 0) is 19.1 Å². The van der Waals surface area contributed by atoms with Gasteiger partial charge in [-0.25, -0.2) is 0 Å².